The summed E-state index contributed by atoms with van der Waals surface area (Å²) in [5.74, 6) is -2.66. The highest BCUT2D eigenvalue weighted by atomic mass is 35.5. The summed E-state index contributed by atoms with van der Waals surface area (Å²) < 4.78 is 41.5. The van der Waals surface area contributed by atoms with Crippen molar-refractivity contribution in [3.8, 4) is 0 Å². The summed E-state index contributed by atoms with van der Waals surface area (Å²) in [6.07, 6.45) is 2.46. The van der Waals surface area contributed by atoms with Crippen molar-refractivity contribution in [1.29, 1.82) is 0 Å². The van der Waals surface area contributed by atoms with Gasteiger partial charge in [-0.2, -0.15) is 0 Å². The lowest BCUT2D eigenvalue weighted by Gasteiger charge is -2.35. The number of unbranched alkanes of at least 4 members (excludes halogenated alkanes) is 1. The Morgan fingerprint density at radius 1 is 1.14 bits per heavy atom. The van der Waals surface area contributed by atoms with E-state index in [1.165, 1.54) is 0 Å². The van der Waals surface area contributed by atoms with Gasteiger partial charge in [0.05, 0.1) is 0 Å². The normalized spacial score (nSPS) is 17.3. The van der Waals surface area contributed by atoms with Gasteiger partial charge in [0.25, 0.3) is 0 Å². The molecule has 1 aromatic rings. The van der Waals surface area contributed by atoms with Gasteiger partial charge in [0, 0.05) is 37.8 Å². The third-order valence-corrected chi connectivity index (χ3v) is 3.84. The average molecular weight is 323 g/mol. The van der Waals surface area contributed by atoms with Gasteiger partial charge in [-0.15, -0.1) is 12.4 Å². The molecule has 1 N–H and O–H groups in total. The first-order chi connectivity index (χ1) is 9.65. The molecule has 1 aliphatic rings. The van der Waals surface area contributed by atoms with Crippen LogP contribution in [0, 0.1) is 17.5 Å². The lowest BCUT2D eigenvalue weighted by Crippen LogP contribution is -2.45. The minimum absolute atomic E-state index is 0. The monoisotopic (exact) mass is 322 g/mol. The van der Waals surface area contributed by atoms with Crippen LogP contribution in [-0.2, 0) is 0 Å². The summed E-state index contributed by atoms with van der Waals surface area (Å²) in [5, 5.41) is 3.21. The van der Waals surface area contributed by atoms with Crippen LogP contribution in [0.3, 0.4) is 0 Å². The number of rotatable bonds is 5. The van der Waals surface area contributed by atoms with Crippen LogP contribution < -0.4 is 5.32 Å². The van der Waals surface area contributed by atoms with Crippen molar-refractivity contribution < 1.29 is 13.2 Å². The molecule has 1 aliphatic heterocycles. The maximum absolute atomic E-state index is 14.0. The first-order valence-corrected chi connectivity index (χ1v) is 7.23. The van der Waals surface area contributed by atoms with Crippen LogP contribution in [0.5, 0.6) is 0 Å². The molecule has 2 rings (SSSR count). The number of hydrogen-bond acceptors (Lipinski definition) is 2. The summed E-state index contributed by atoms with van der Waals surface area (Å²) >= 11 is 0. The number of halogens is 4. The van der Waals surface area contributed by atoms with Crippen molar-refractivity contribution in [1.82, 2.24) is 10.2 Å². The second kappa shape index (κ2) is 8.61. The number of benzene rings is 1. The molecule has 1 atom stereocenters. The van der Waals surface area contributed by atoms with Gasteiger partial charge in [0.1, 0.15) is 5.82 Å². The molecule has 0 spiro atoms. The zero-order valence-corrected chi connectivity index (χ0v) is 13.0. The summed E-state index contributed by atoms with van der Waals surface area (Å²) in [6.45, 7) is 5.07. The Labute approximate surface area is 130 Å². The molecule has 2 nitrogen and oxygen atoms in total. The SMILES string of the molecule is CCCC[C@@H](c1c(F)ccc(F)c1F)N1CCNCC1.Cl. The van der Waals surface area contributed by atoms with E-state index in [9.17, 15) is 13.2 Å². The maximum atomic E-state index is 14.0. The molecule has 1 heterocycles. The van der Waals surface area contributed by atoms with E-state index >= 15 is 0 Å². The molecule has 0 unspecified atom stereocenters. The molecule has 0 aromatic heterocycles. The smallest absolute Gasteiger partial charge is 0.166 e. The van der Waals surface area contributed by atoms with Crippen LogP contribution in [0.25, 0.3) is 0 Å². The fourth-order valence-electron chi connectivity index (χ4n) is 2.75. The number of nitrogens with one attached hydrogen (secondary N) is 1. The number of hydrogen-bond donors (Lipinski definition) is 1. The van der Waals surface area contributed by atoms with Crippen molar-refractivity contribution in [2.24, 2.45) is 0 Å². The van der Waals surface area contributed by atoms with Crippen LogP contribution in [0.2, 0.25) is 0 Å². The standard InChI is InChI=1S/C15H21F3N2.ClH/c1-2-3-4-13(20-9-7-19-8-10-20)14-11(16)5-6-12(17)15(14)18;/h5-6,13,19H,2-4,7-10H2,1H3;1H/t13-;/m0./s1. The Morgan fingerprint density at radius 2 is 1.76 bits per heavy atom. The topological polar surface area (TPSA) is 15.3 Å². The third-order valence-electron chi connectivity index (χ3n) is 3.84. The van der Waals surface area contributed by atoms with Gasteiger partial charge in [0.2, 0.25) is 0 Å². The van der Waals surface area contributed by atoms with Crippen molar-refractivity contribution in [2.45, 2.75) is 32.2 Å². The van der Waals surface area contributed by atoms with Crippen molar-refractivity contribution in [3.05, 3.63) is 35.1 Å². The van der Waals surface area contributed by atoms with Crippen LogP contribution in [0.1, 0.15) is 37.8 Å². The highest BCUT2D eigenvalue weighted by molar-refractivity contribution is 5.85. The molecule has 1 aromatic carbocycles. The van der Waals surface area contributed by atoms with E-state index < -0.39 is 17.5 Å². The molecular weight excluding hydrogens is 301 g/mol. The van der Waals surface area contributed by atoms with Gasteiger partial charge in [-0.1, -0.05) is 19.8 Å². The lowest BCUT2D eigenvalue weighted by atomic mass is 9.97. The van der Waals surface area contributed by atoms with Crippen LogP contribution in [0.15, 0.2) is 12.1 Å². The molecule has 0 saturated carbocycles. The fourth-order valence-corrected chi connectivity index (χ4v) is 2.75. The molecule has 120 valence electrons. The molecule has 1 fully saturated rings. The fraction of sp³-hybridized carbons (Fsp3) is 0.600. The molecule has 6 heteroatoms. The molecular formula is C15H22ClF3N2. The van der Waals surface area contributed by atoms with Gasteiger partial charge in [-0.25, -0.2) is 13.2 Å². The van der Waals surface area contributed by atoms with Gasteiger partial charge < -0.3 is 5.32 Å². The highest BCUT2D eigenvalue weighted by Crippen LogP contribution is 2.31. The summed E-state index contributed by atoms with van der Waals surface area (Å²) in [4.78, 5) is 2.05. The first kappa shape index (κ1) is 18.3. The van der Waals surface area contributed by atoms with E-state index in [4.69, 9.17) is 0 Å². The Balaban J connectivity index is 0.00000220. The summed E-state index contributed by atoms with van der Waals surface area (Å²) in [5.41, 5.74) is -0.111. The van der Waals surface area contributed by atoms with Crippen LogP contribution >= 0.6 is 12.4 Å². The van der Waals surface area contributed by atoms with Gasteiger partial charge in [0.15, 0.2) is 11.6 Å². The first-order valence-electron chi connectivity index (χ1n) is 7.23. The number of nitrogens with zero attached hydrogens (tertiary/aromatic N) is 1. The maximum Gasteiger partial charge on any atom is 0.166 e. The highest BCUT2D eigenvalue weighted by Gasteiger charge is 2.28. The average Bonchev–Trinajstić information content (AvgIpc) is 2.47. The van der Waals surface area contributed by atoms with E-state index in [0.29, 0.717) is 6.42 Å². The molecule has 1 saturated heterocycles. The quantitative estimate of drug-likeness (QED) is 0.832. The Morgan fingerprint density at radius 3 is 2.38 bits per heavy atom. The van der Waals surface area contributed by atoms with Gasteiger partial charge in [-0.05, 0) is 18.6 Å². The molecule has 21 heavy (non-hydrogen) atoms. The van der Waals surface area contributed by atoms with Crippen LogP contribution in [0.4, 0.5) is 13.2 Å². The van der Waals surface area contributed by atoms with Crippen molar-refractivity contribution in [2.75, 3.05) is 26.2 Å². The predicted octanol–water partition coefficient (Wildman–Crippen LogP) is 3.66. The molecule has 0 bridgehead atoms. The van der Waals surface area contributed by atoms with E-state index in [2.05, 4.69) is 5.32 Å². The van der Waals surface area contributed by atoms with Crippen molar-refractivity contribution in [3.63, 3.8) is 0 Å². The zero-order valence-electron chi connectivity index (χ0n) is 12.2. The Hall–Kier alpha value is -0.780. The second-order valence-electron chi connectivity index (χ2n) is 5.20. The second-order valence-corrected chi connectivity index (χ2v) is 5.20. The predicted molar refractivity (Wildman–Crippen MR) is 80.3 cm³/mol. The van der Waals surface area contributed by atoms with Gasteiger partial charge >= 0.3 is 0 Å². The molecule has 0 radical (unpaired) electrons. The lowest BCUT2D eigenvalue weighted by molar-refractivity contribution is 0.155. The van der Waals surface area contributed by atoms with E-state index in [-0.39, 0.29) is 24.0 Å². The minimum atomic E-state index is -1.04. The summed E-state index contributed by atoms with van der Waals surface area (Å²) in [7, 11) is 0. The largest absolute Gasteiger partial charge is 0.314 e. The van der Waals surface area contributed by atoms with E-state index in [0.717, 1.165) is 51.2 Å². The Kier molecular flexibility index (Phi) is 7.49. The van der Waals surface area contributed by atoms with E-state index in [1.807, 2.05) is 11.8 Å². The Bertz CT molecular complexity index is 451. The third kappa shape index (κ3) is 4.34. The summed E-state index contributed by atoms with van der Waals surface area (Å²) in [6, 6.07) is 1.49. The van der Waals surface area contributed by atoms with Gasteiger partial charge in [-0.3, -0.25) is 4.90 Å². The minimum Gasteiger partial charge on any atom is -0.314 e. The zero-order chi connectivity index (χ0) is 14.5. The van der Waals surface area contributed by atoms with E-state index in [1.54, 1.807) is 0 Å². The molecule has 0 aliphatic carbocycles. The number of piperazine rings is 1. The molecule has 0 amide bonds. The van der Waals surface area contributed by atoms with Crippen molar-refractivity contribution >= 4 is 12.4 Å². The van der Waals surface area contributed by atoms with Crippen LogP contribution in [-0.4, -0.2) is 31.1 Å².